The van der Waals surface area contributed by atoms with Crippen molar-refractivity contribution in [2.45, 2.75) is 180 Å². The van der Waals surface area contributed by atoms with Gasteiger partial charge in [0, 0.05) is 65.7 Å². The Morgan fingerprint density at radius 1 is 0.455 bits per heavy atom. The number of nitrogens with zero attached hydrogens (tertiary/aromatic N) is 3. The zero-order valence-electron chi connectivity index (χ0n) is 54.6. The normalized spacial score (nSPS) is 20.1. The SMILES string of the molecule is CC(C)(C)c1ccc(N2c3cc(N4c5ccc(C(C)(C)C)cc5C5(C)CCCCC45C)cc4c3B(c3cc5c(cc3N4c3cccc4c3sc3ccccc34)C(C)(C)CCC5(C)C)c3ccc4c(oc5ccc(C(C)(C)C)cc54)c32)c(-c2ccccc2)c1. The van der Waals surface area contributed by atoms with Crippen molar-refractivity contribution in [3.8, 4) is 11.1 Å². The molecule has 9 aromatic carbocycles. The van der Waals surface area contributed by atoms with E-state index >= 15 is 0 Å². The van der Waals surface area contributed by atoms with Crippen LogP contribution in [0.2, 0.25) is 0 Å². The molecule has 88 heavy (non-hydrogen) atoms. The van der Waals surface area contributed by atoms with Crippen molar-refractivity contribution in [2.24, 2.45) is 0 Å². The second-order valence-electron chi connectivity index (χ2n) is 31.9. The molecule has 5 aliphatic rings. The lowest BCUT2D eigenvalue weighted by Gasteiger charge is -2.51. The van der Waals surface area contributed by atoms with Crippen molar-refractivity contribution in [3.63, 3.8) is 0 Å². The Hall–Kier alpha value is -7.54. The van der Waals surface area contributed by atoms with E-state index in [9.17, 15) is 0 Å². The zero-order chi connectivity index (χ0) is 61.1. The van der Waals surface area contributed by atoms with Gasteiger partial charge in [0.25, 0.3) is 6.71 Å². The van der Waals surface area contributed by atoms with Gasteiger partial charge in [-0.2, -0.15) is 0 Å². The fraction of sp³-hybridized carbons (Fsp3) is 0.341. The second-order valence-corrected chi connectivity index (χ2v) is 33.0. The predicted octanol–water partition coefficient (Wildman–Crippen LogP) is 21.7. The first-order valence-corrected chi connectivity index (χ1v) is 33.6. The van der Waals surface area contributed by atoms with Crippen LogP contribution in [0.4, 0.5) is 45.5 Å². The Labute approximate surface area is 526 Å². The molecule has 16 rings (SSSR count). The highest BCUT2D eigenvalue weighted by Crippen LogP contribution is 2.63. The van der Waals surface area contributed by atoms with Gasteiger partial charge in [0.05, 0.1) is 27.3 Å². The zero-order valence-corrected chi connectivity index (χ0v) is 55.4. The summed E-state index contributed by atoms with van der Waals surface area (Å²) in [6, 6.07) is 64.9. The summed E-state index contributed by atoms with van der Waals surface area (Å²) in [6.45, 7) is 36.3. The Kier molecular flexibility index (Phi) is 11.7. The number of hydrogen-bond acceptors (Lipinski definition) is 5. The molecule has 0 N–H and O–H groups in total. The van der Waals surface area contributed by atoms with E-state index in [1.807, 2.05) is 11.3 Å². The van der Waals surface area contributed by atoms with Crippen LogP contribution < -0.4 is 31.1 Å². The van der Waals surface area contributed by atoms with Crippen LogP contribution in [0.15, 0.2) is 168 Å². The molecule has 2 unspecified atom stereocenters. The van der Waals surface area contributed by atoms with Gasteiger partial charge in [-0.3, -0.25) is 0 Å². The summed E-state index contributed by atoms with van der Waals surface area (Å²) >= 11 is 1.94. The third kappa shape index (κ3) is 7.88. The average Bonchev–Trinajstić information content (AvgIpc) is 1.09. The molecule has 5 heterocycles. The first kappa shape index (κ1) is 55.8. The Bertz CT molecular complexity index is 4770. The van der Waals surface area contributed by atoms with E-state index in [4.69, 9.17) is 4.42 Å². The van der Waals surface area contributed by atoms with Gasteiger partial charge in [0.2, 0.25) is 0 Å². The lowest BCUT2D eigenvalue weighted by Crippen LogP contribution is -2.62. The van der Waals surface area contributed by atoms with Crippen molar-refractivity contribution in [1.29, 1.82) is 0 Å². The largest absolute Gasteiger partial charge is 0.454 e. The smallest absolute Gasteiger partial charge is 0.252 e. The fourth-order valence-corrected chi connectivity index (χ4v) is 18.2. The maximum Gasteiger partial charge on any atom is 0.252 e. The van der Waals surface area contributed by atoms with Gasteiger partial charge in [-0.25, -0.2) is 0 Å². The van der Waals surface area contributed by atoms with Gasteiger partial charge in [-0.15, -0.1) is 11.3 Å². The molecule has 0 amide bonds. The molecule has 11 aromatic rings. The van der Waals surface area contributed by atoms with Crippen LogP contribution in [0, 0.1) is 0 Å². The van der Waals surface area contributed by atoms with Gasteiger partial charge in [0.1, 0.15) is 5.58 Å². The summed E-state index contributed by atoms with van der Waals surface area (Å²) in [4.78, 5) is 8.33. The molecule has 6 heteroatoms. The molecule has 0 spiro atoms. The molecule has 0 radical (unpaired) electrons. The first-order chi connectivity index (χ1) is 41.7. The number of furan rings is 1. The van der Waals surface area contributed by atoms with E-state index < -0.39 is 0 Å². The minimum atomic E-state index is -0.222. The predicted molar refractivity (Wildman–Crippen MR) is 380 cm³/mol. The number of thiophene rings is 1. The second kappa shape index (κ2) is 18.5. The summed E-state index contributed by atoms with van der Waals surface area (Å²) in [5, 5.41) is 4.93. The van der Waals surface area contributed by atoms with Crippen LogP contribution in [-0.4, -0.2) is 12.3 Å². The van der Waals surface area contributed by atoms with Crippen LogP contribution in [0.3, 0.4) is 0 Å². The Morgan fingerprint density at radius 2 is 1.08 bits per heavy atom. The van der Waals surface area contributed by atoms with Crippen LogP contribution in [0.25, 0.3) is 53.2 Å². The maximum atomic E-state index is 7.61. The molecule has 1 fully saturated rings. The molecule has 2 aliphatic carbocycles. The summed E-state index contributed by atoms with van der Waals surface area (Å²) in [5.41, 5.74) is 25.9. The molecular formula is C82H84BN3OS. The molecular weight excluding hydrogens is 1090 g/mol. The van der Waals surface area contributed by atoms with Gasteiger partial charge >= 0.3 is 0 Å². The van der Waals surface area contributed by atoms with E-state index in [0.717, 1.165) is 59.0 Å². The fourth-order valence-electron chi connectivity index (χ4n) is 17.0. The van der Waals surface area contributed by atoms with Gasteiger partial charge < -0.3 is 19.1 Å². The number of fused-ring (bicyclic) bond motifs is 15. The summed E-state index contributed by atoms with van der Waals surface area (Å²) in [5.74, 6) is 0. The van der Waals surface area contributed by atoms with Crippen molar-refractivity contribution in [1.82, 2.24) is 0 Å². The lowest BCUT2D eigenvalue weighted by atomic mass is 9.33. The van der Waals surface area contributed by atoms with Gasteiger partial charge in [-0.1, -0.05) is 213 Å². The molecule has 4 nitrogen and oxygen atoms in total. The summed E-state index contributed by atoms with van der Waals surface area (Å²) in [6.07, 6.45) is 6.91. The molecule has 2 aromatic heterocycles. The average molecular weight is 1170 g/mol. The minimum Gasteiger partial charge on any atom is -0.454 e. The highest BCUT2D eigenvalue weighted by Gasteiger charge is 2.59. The van der Waals surface area contributed by atoms with Gasteiger partial charge in [0.15, 0.2) is 5.58 Å². The number of anilines is 8. The van der Waals surface area contributed by atoms with E-state index in [-0.39, 0.29) is 44.7 Å². The molecule has 1 saturated carbocycles. The number of hydrogen-bond donors (Lipinski definition) is 0. The van der Waals surface area contributed by atoms with E-state index in [0.29, 0.717) is 0 Å². The monoisotopic (exact) mass is 1170 g/mol. The quantitative estimate of drug-likeness (QED) is 0.164. The molecule has 0 bridgehead atoms. The third-order valence-electron chi connectivity index (χ3n) is 22.5. The van der Waals surface area contributed by atoms with Crippen molar-refractivity contribution < 1.29 is 4.42 Å². The number of rotatable bonds is 4. The molecule has 442 valence electrons. The molecule has 3 aliphatic heterocycles. The highest BCUT2D eigenvalue weighted by molar-refractivity contribution is 7.26. The first-order valence-electron chi connectivity index (χ1n) is 32.8. The van der Waals surface area contributed by atoms with Crippen molar-refractivity contribution in [3.05, 3.63) is 197 Å². The maximum absolute atomic E-state index is 7.61. The minimum absolute atomic E-state index is 0.00253. The van der Waals surface area contributed by atoms with Crippen LogP contribution in [0.1, 0.15) is 176 Å². The summed E-state index contributed by atoms with van der Waals surface area (Å²) < 4.78 is 10.2. The molecule has 2 atom stereocenters. The van der Waals surface area contributed by atoms with Crippen LogP contribution in [-0.2, 0) is 32.5 Å². The van der Waals surface area contributed by atoms with E-state index in [1.165, 1.54) is 128 Å². The Morgan fingerprint density at radius 3 is 1.81 bits per heavy atom. The lowest BCUT2D eigenvalue weighted by molar-refractivity contribution is 0.195. The standard InChI is InChI=1S/C82H84BN3OS/c1-76(2,3)50-30-35-64(57(42-50)49-24-17-16-18-25-49)85-69-46-53(86-65-36-31-52(78(7,8)9)44-61(65)81(14)38-21-22-39-82(81,86)15)45-68-72(69)83(62-34-33-55-58-43-51(77(4,5)6)32-37-70(58)87-74(55)73(62)85)63-47-59-60(80(12,13)41-40-79(59,10)11)48-67(63)84(68)66-28-23-27-56-54-26-19-20-29-71(54)88-75(56)66/h16-20,23-37,42-48H,21-22,38-41H2,1-15H3. The van der Waals surface area contributed by atoms with Crippen molar-refractivity contribution in [2.75, 3.05) is 14.7 Å². The highest BCUT2D eigenvalue weighted by atomic mass is 32.1. The van der Waals surface area contributed by atoms with E-state index in [2.05, 4.69) is 282 Å². The van der Waals surface area contributed by atoms with Crippen LogP contribution in [0.5, 0.6) is 0 Å². The third-order valence-corrected chi connectivity index (χ3v) is 23.7. The summed E-state index contributed by atoms with van der Waals surface area (Å²) in [7, 11) is 0. The van der Waals surface area contributed by atoms with Crippen molar-refractivity contribution >= 4 is 122 Å². The Balaban J connectivity index is 1.10. The number of benzene rings is 9. The molecule has 0 saturated heterocycles. The van der Waals surface area contributed by atoms with E-state index in [1.54, 1.807) is 0 Å². The topological polar surface area (TPSA) is 22.9 Å². The van der Waals surface area contributed by atoms with Crippen LogP contribution >= 0.6 is 11.3 Å². The van der Waals surface area contributed by atoms with Gasteiger partial charge in [-0.05, 0) is 176 Å².